The normalized spacial score (nSPS) is 10.8. The Balaban J connectivity index is 0.00000420. The molecule has 2 N–H and O–H groups in total. The van der Waals surface area contributed by atoms with Gasteiger partial charge in [0.15, 0.2) is 5.96 Å². The predicted molar refractivity (Wildman–Crippen MR) is 132 cm³/mol. The average molecular weight is 508 g/mol. The summed E-state index contributed by atoms with van der Waals surface area (Å²) >= 11 is 0. The van der Waals surface area contributed by atoms with Gasteiger partial charge in [0, 0.05) is 39.3 Å². The van der Waals surface area contributed by atoms with Gasteiger partial charge in [0.25, 0.3) is 5.91 Å². The zero-order valence-electron chi connectivity index (χ0n) is 17.6. The SMILES string of the molecule is CCNC(=NCCCc1ccccc1)NCCc1cccc(C(=O)N(C)C)c1.I. The molecule has 2 rings (SSSR count). The van der Waals surface area contributed by atoms with Crippen LogP contribution in [0.5, 0.6) is 0 Å². The van der Waals surface area contributed by atoms with Crippen molar-refractivity contribution < 1.29 is 4.79 Å². The standard InChI is InChI=1S/C23H32N4O.HI/c1-4-24-23(25-16-9-13-19-10-6-5-7-11-19)26-17-15-20-12-8-14-21(18-20)22(28)27(2)3;/h5-8,10-12,14,18H,4,9,13,15-17H2,1-3H3,(H2,24,25,26);1H. The van der Waals surface area contributed by atoms with Crippen molar-refractivity contribution in [1.29, 1.82) is 0 Å². The molecular formula is C23H33IN4O. The van der Waals surface area contributed by atoms with E-state index >= 15 is 0 Å². The fourth-order valence-electron chi connectivity index (χ4n) is 2.90. The zero-order chi connectivity index (χ0) is 20.2. The van der Waals surface area contributed by atoms with Crippen LogP contribution in [0.4, 0.5) is 0 Å². The Bertz CT molecular complexity index is 762. The molecule has 0 aromatic heterocycles. The lowest BCUT2D eigenvalue weighted by molar-refractivity contribution is 0.0827. The van der Waals surface area contributed by atoms with Crippen LogP contribution in [-0.2, 0) is 12.8 Å². The summed E-state index contributed by atoms with van der Waals surface area (Å²) in [7, 11) is 3.54. The van der Waals surface area contributed by atoms with Crippen LogP contribution in [0.2, 0.25) is 0 Å². The van der Waals surface area contributed by atoms with Crippen LogP contribution < -0.4 is 10.6 Å². The van der Waals surface area contributed by atoms with Crippen LogP contribution in [0, 0.1) is 0 Å². The van der Waals surface area contributed by atoms with Crippen LogP contribution in [-0.4, -0.2) is 50.5 Å². The number of aliphatic imine (C=N–C) groups is 1. The van der Waals surface area contributed by atoms with Crippen LogP contribution >= 0.6 is 24.0 Å². The van der Waals surface area contributed by atoms with Gasteiger partial charge in [-0.05, 0) is 49.4 Å². The summed E-state index contributed by atoms with van der Waals surface area (Å²) in [6.45, 7) is 4.45. The van der Waals surface area contributed by atoms with Crippen molar-refractivity contribution in [1.82, 2.24) is 15.5 Å². The molecule has 0 atom stereocenters. The minimum absolute atomic E-state index is 0. The van der Waals surface area contributed by atoms with E-state index in [2.05, 4.69) is 52.9 Å². The van der Waals surface area contributed by atoms with Gasteiger partial charge in [-0.25, -0.2) is 0 Å². The first-order valence-electron chi connectivity index (χ1n) is 9.97. The van der Waals surface area contributed by atoms with Gasteiger partial charge in [-0.15, -0.1) is 24.0 Å². The van der Waals surface area contributed by atoms with E-state index in [0.717, 1.165) is 56.0 Å². The van der Waals surface area contributed by atoms with Crippen molar-refractivity contribution in [2.45, 2.75) is 26.2 Å². The van der Waals surface area contributed by atoms with E-state index in [9.17, 15) is 4.79 Å². The van der Waals surface area contributed by atoms with Crippen molar-refractivity contribution in [3.8, 4) is 0 Å². The molecular weight excluding hydrogens is 475 g/mol. The topological polar surface area (TPSA) is 56.7 Å². The number of benzene rings is 2. The van der Waals surface area contributed by atoms with Gasteiger partial charge in [0.1, 0.15) is 0 Å². The Morgan fingerprint density at radius 3 is 2.38 bits per heavy atom. The monoisotopic (exact) mass is 508 g/mol. The van der Waals surface area contributed by atoms with E-state index in [-0.39, 0.29) is 29.9 Å². The number of rotatable bonds is 9. The van der Waals surface area contributed by atoms with E-state index in [4.69, 9.17) is 0 Å². The largest absolute Gasteiger partial charge is 0.357 e. The number of amides is 1. The van der Waals surface area contributed by atoms with Gasteiger partial charge >= 0.3 is 0 Å². The van der Waals surface area contributed by atoms with Gasteiger partial charge in [-0.3, -0.25) is 9.79 Å². The molecule has 2 aromatic rings. The summed E-state index contributed by atoms with van der Waals surface area (Å²) < 4.78 is 0. The fraction of sp³-hybridized carbons (Fsp3) is 0.391. The molecule has 0 saturated carbocycles. The van der Waals surface area contributed by atoms with Crippen molar-refractivity contribution >= 4 is 35.8 Å². The molecule has 2 aromatic carbocycles. The molecule has 0 aliphatic heterocycles. The molecule has 0 radical (unpaired) electrons. The Morgan fingerprint density at radius 2 is 1.69 bits per heavy atom. The third kappa shape index (κ3) is 9.30. The lowest BCUT2D eigenvalue weighted by Gasteiger charge is -2.13. The number of nitrogens with one attached hydrogen (secondary N) is 2. The summed E-state index contributed by atoms with van der Waals surface area (Å²) in [5, 5.41) is 6.67. The van der Waals surface area contributed by atoms with Crippen LogP contribution in [0.25, 0.3) is 0 Å². The first-order chi connectivity index (χ1) is 13.6. The molecule has 0 spiro atoms. The van der Waals surface area contributed by atoms with Gasteiger partial charge in [0.2, 0.25) is 0 Å². The molecule has 5 nitrogen and oxygen atoms in total. The highest BCUT2D eigenvalue weighted by molar-refractivity contribution is 14.0. The molecule has 158 valence electrons. The number of nitrogens with zero attached hydrogens (tertiary/aromatic N) is 2. The maximum atomic E-state index is 12.1. The Hall–Kier alpha value is -2.09. The number of aryl methyl sites for hydroxylation is 1. The van der Waals surface area contributed by atoms with Crippen molar-refractivity contribution in [3.63, 3.8) is 0 Å². The second-order valence-electron chi connectivity index (χ2n) is 6.93. The van der Waals surface area contributed by atoms with Gasteiger partial charge < -0.3 is 15.5 Å². The first-order valence-corrected chi connectivity index (χ1v) is 9.97. The molecule has 0 bridgehead atoms. The molecule has 0 aliphatic carbocycles. The quantitative estimate of drug-likeness (QED) is 0.235. The van der Waals surface area contributed by atoms with Crippen molar-refractivity contribution in [3.05, 3.63) is 71.3 Å². The molecule has 0 aliphatic rings. The number of hydrogen-bond acceptors (Lipinski definition) is 2. The molecule has 1 amide bonds. The van der Waals surface area contributed by atoms with Gasteiger partial charge in [-0.2, -0.15) is 0 Å². The number of guanidine groups is 1. The minimum atomic E-state index is 0. The molecule has 0 saturated heterocycles. The highest BCUT2D eigenvalue weighted by Gasteiger charge is 2.08. The molecule has 6 heteroatoms. The third-order valence-electron chi connectivity index (χ3n) is 4.37. The Morgan fingerprint density at radius 1 is 0.966 bits per heavy atom. The summed E-state index contributed by atoms with van der Waals surface area (Å²) in [5.74, 6) is 0.874. The second-order valence-corrected chi connectivity index (χ2v) is 6.93. The van der Waals surface area contributed by atoms with Crippen LogP contribution in [0.3, 0.4) is 0 Å². The number of hydrogen-bond donors (Lipinski definition) is 2. The summed E-state index contributed by atoms with van der Waals surface area (Å²) in [6, 6.07) is 18.3. The molecule has 0 fully saturated rings. The number of carbonyl (C=O) groups is 1. The van der Waals surface area contributed by atoms with Gasteiger partial charge in [0.05, 0.1) is 0 Å². The van der Waals surface area contributed by atoms with Crippen LogP contribution in [0.15, 0.2) is 59.6 Å². The van der Waals surface area contributed by atoms with Crippen LogP contribution in [0.1, 0.15) is 34.8 Å². The number of halogens is 1. The maximum absolute atomic E-state index is 12.1. The summed E-state index contributed by atoms with van der Waals surface area (Å²) in [6.07, 6.45) is 2.90. The molecule has 0 heterocycles. The highest BCUT2D eigenvalue weighted by Crippen LogP contribution is 2.08. The van der Waals surface area contributed by atoms with Crippen molar-refractivity contribution in [2.75, 3.05) is 33.7 Å². The fourth-order valence-corrected chi connectivity index (χ4v) is 2.90. The van der Waals surface area contributed by atoms with E-state index in [0.29, 0.717) is 0 Å². The Labute approximate surface area is 192 Å². The lowest BCUT2D eigenvalue weighted by Crippen LogP contribution is -2.38. The summed E-state index contributed by atoms with van der Waals surface area (Å²) in [5.41, 5.74) is 3.21. The lowest BCUT2D eigenvalue weighted by atomic mass is 10.1. The van der Waals surface area contributed by atoms with Crippen molar-refractivity contribution in [2.24, 2.45) is 4.99 Å². The smallest absolute Gasteiger partial charge is 0.253 e. The van der Waals surface area contributed by atoms with Gasteiger partial charge in [-0.1, -0.05) is 42.5 Å². The third-order valence-corrected chi connectivity index (χ3v) is 4.37. The Kier molecular flexibility index (Phi) is 12.0. The molecule has 0 unspecified atom stereocenters. The number of carbonyl (C=O) groups excluding carboxylic acids is 1. The first kappa shape index (κ1) is 24.9. The van der Waals surface area contributed by atoms with E-state index in [1.165, 1.54) is 5.56 Å². The second kappa shape index (κ2) is 14.0. The molecule has 29 heavy (non-hydrogen) atoms. The maximum Gasteiger partial charge on any atom is 0.253 e. The summed E-state index contributed by atoms with van der Waals surface area (Å²) in [4.78, 5) is 18.4. The zero-order valence-corrected chi connectivity index (χ0v) is 20.0. The van der Waals surface area contributed by atoms with E-state index < -0.39 is 0 Å². The van der Waals surface area contributed by atoms with E-state index in [1.54, 1.807) is 19.0 Å². The predicted octanol–water partition coefficient (Wildman–Crippen LogP) is 3.74. The minimum Gasteiger partial charge on any atom is -0.357 e. The highest BCUT2D eigenvalue weighted by atomic mass is 127. The average Bonchev–Trinajstić information content (AvgIpc) is 2.71. The van der Waals surface area contributed by atoms with E-state index in [1.807, 2.05) is 24.3 Å².